The van der Waals surface area contributed by atoms with Crippen molar-refractivity contribution in [2.45, 2.75) is 26.2 Å². The Morgan fingerprint density at radius 2 is 1.94 bits per heavy atom. The van der Waals surface area contributed by atoms with E-state index in [1.807, 2.05) is 7.05 Å². The lowest BCUT2D eigenvalue weighted by Crippen LogP contribution is -2.36. The highest BCUT2D eigenvalue weighted by Gasteiger charge is 2.24. The highest BCUT2D eigenvalue weighted by molar-refractivity contribution is 5.41. The van der Waals surface area contributed by atoms with Crippen molar-refractivity contribution >= 4 is 0 Å². The summed E-state index contributed by atoms with van der Waals surface area (Å²) in [4.78, 5) is 0. The molecule has 0 aliphatic rings. The number of hydrogen-bond donors (Lipinski definition) is 2. The van der Waals surface area contributed by atoms with Gasteiger partial charge in [-0.3, -0.25) is 0 Å². The van der Waals surface area contributed by atoms with Crippen LogP contribution < -0.4 is 15.4 Å². The first kappa shape index (κ1) is 15.0. The first-order valence-corrected chi connectivity index (χ1v) is 6.51. The topological polar surface area (TPSA) is 33.3 Å². The molecule has 0 amide bonds. The van der Waals surface area contributed by atoms with Gasteiger partial charge in [0.1, 0.15) is 5.75 Å². The monoisotopic (exact) mass is 250 g/mol. The Morgan fingerprint density at radius 1 is 1.22 bits per heavy atom. The summed E-state index contributed by atoms with van der Waals surface area (Å²) in [5.74, 6) is 0.973. The van der Waals surface area contributed by atoms with Crippen LogP contribution in [-0.4, -0.2) is 33.8 Å². The first-order valence-electron chi connectivity index (χ1n) is 6.51. The van der Waals surface area contributed by atoms with Gasteiger partial charge < -0.3 is 15.4 Å². The lowest BCUT2D eigenvalue weighted by molar-refractivity contribution is 0.385. The fourth-order valence-corrected chi connectivity index (χ4v) is 2.06. The molecule has 0 saturated carbocycles. The van der Waals surface area contributed by atoms with Crippen LogP contribution in [0.1, 0.15) is 25.0 Å². The van der Waals surface area contributed by atoms with Crippen LogP contribution in [0.4, 0.5) is 0 Å². The zero-order valence-corrected chi connectivity index (χ0v) is 12.3. The molecule has 3 heteroatoms. The minimum absolute atomic E-state index is 0.0606. The highest BCUT2D eigenvalue weighted by atomic mass is 16.5. The second-order valence-electron chi connectivity index (χ2n) is 5.37. The zero-order valence-electron chi connectivity index (χ0n) is 12.3. The van der Waals surface area contributed by atoms with Gasteiger partial charge in [-0.25, -0.2) is 0 Å². The van der Waals surface area contributed by atoms with E-state index in [-0.39, 0.29) is 5.41 Å². The minimum Gasteiger partial charge on any atom is -0.496 e. The second-order valence-corrected chi connectivity index (χ2v) is 5.37. The summed E-state index contributed by atoms with van der Waals surface area (Å²) < 4.78 is 5.47. The van der Waals surface area contributed by atoms with Gasteiger partial charge in [0.15, 0.2) is 0 Å². The molecule has 1 rings (SSSR count). The molecule has 0 spiro atoms. The SMILES string of the molecule is CNCCNCC(C)(C)c1cc(C)ccc1OC. The molecule has 18 heavy (non-hydrogen) atoms. The molecule has 0 aliphatic carbocycles. The van der Waals surface area contributed by atoms with E-state index >= 15 is 0 Å². The van der Waals surface area contributed by atoms with Crippen LogP contribution in [0.2, 0.25) is 0 Å². The molecule has 2 N–H and O–H groups in total. The lowest BCUT2D eigenvalue weighted by Gasteiger charge is -2.28. The van der Waals surface area contributed by atoms with Crippen molar-refractivity contribution < 1.29 is 4.74 Å². The number of nitrogens with one attached hydrogen (secondary N) is 2. The summed E-state index contributed by atoms with van der Waals surface area (Å²) in [6.45, 7) is 9.52. The molecule has 0 fully saturated rings. The van der Waals surface area contributed by atoms with E-state index in [1.165, 1.54) is 11.1 Å². The Kier molecular flexibility index (Phi) is 5.63. The Labute approximate surface area is 111 Å². The molecule has 0 heterocycles. The minimum atomic E-state index is 0.0606. The number of ether oxygens (including phenoxy) is 1. The Morgan fingerprint density at radius 3 is 2.56 bits per heavy atom. The third-order valence-electron chi connectivity index (χ3n) is 3.20. The van der Waals surface area contributed by atoms with Crippen molar-refractivity contribution in [1.29, 1.82) is 0 Å². The summed E-state index contributed by atoms with van der Waals surface area (Å²) in [6.07, 6.45) is 0. The van der Waals surface area contributed by atoms with Crippen LogP contribution in [0.25, 0.3) is 0 Å². The Balaban J connectivity index is 2.79. The summed E-state index contributed by atoms with van der Waals surface area (Å²) in [6, 6.07) is 6.37. The van der Waals surface area contributed by atoms with Crippen LogP contribution in [0.15, 0.2) is 18.2 Å². The van der Waals surface area contributed by atoms with Crippen LogP contribution in [0.5, 0.6) is 5.75 Å². The van der Waals surface area contributed by atoms with Gasteiger partial charge >= 0.3 is 0 Å². The second kappa shape index (κ2) is 6.76. The maximum atomic E-state index is 5.47. The van der Waals surface area contributed by atoms with Crippen molar-refractivity contribution in [3.63, 3.8) is 0 Å². The molecule has 0 aromatic heterocycles. The fourth-order valence-electron chi connectivity index (χ4n) is 2.06. The van der Waals surface area contributed by atoms with Gasteiger partial charge in [-0.2, -0.15) is 0 Å². The smallest absolute Gasteiger partial charge is 0.122 e. The van der Waals surface area contributed by atoms with Crippen molar-refractivity contribution in [3.05, 3.63) is 29.3 Å². The Bertz CT molecular complexity index is 375. The van der Waals surface area contributed by atoms with Crippen LogP contribution >= 0.6 is 0 Å². The molecule has 0 saturated heterocycles. The summed E-state index contributed by atoms with van der Waals surface area (Å²) in [5.41, 5.74) is 2.60. The highest BCUT2D eigenvalue weighted by Crippen LogP contribution is 2.31. The standard InChI is InChI=1S/C15H26N2O/c1-12-6-7-14(18-5)13(10-12)15(2,3)11-17-9-8-16-4/h6-7,10,16-17H,8-9,11H2,1-5H3. The van der Waals surface area contributed by atoms with E-state index < -0.39 is 0 Å². The summed E-state index contributed by atoms with van der Waals surface area (Å²) >= 11 is 0. The quantitative estimate of drug-likeness (QED) is 0.727. The number of methoxy groups -OCH3 is 1. The lowest BCUT2D eigenvalue weighted by atomic mass is 9.83. The van der Waals surface area contributed by atoms with E-state index in [0.717, 1.165) is 25.4 Å². The third-order valence-corrected chi connectivity index (χ3v) is 3.20. The van der Waals surface area contributed by atoms with Gasteiger partial charge in [-0.15, -0.1) is 0 Å². The van der Waals surface area contributed by atoms with Crippen molar-refractivity contribution in [2.75, 3.05) is 33.8 Å². The van der Waals surface area contributed by atoms with E-state index in [9.17, 15) is 0 Å². The molecule has 1 aromatic carbocycles. The third kappa shape index (κ3) is 4.00. The van der Waals surface area contributed by atoms with Crippen LogP contribution in [-0.2, 0) is 5.41 Å². The molecular weight excluding hydrogens is 224 g/mol. The molecule has 0 atom stereocenters. The van der Waals surface area contributed by atoms with Crippen molar-refractivity contribution in [1.82, 2.24) is 10.6 Å². The number of likely N-dealkylation sites (N-methyl/N-ethyl adjacent to an activating group) is 1. The zero-order chi connectivity index (χ0) is 13.6. The fraction of sp³-hybridized carbons (Fsp3) is 0.600. The van der Waals surface area contributed by atoms with Gasteiger partial charge in [0.05, 0.1) is 7.11 Å². The van der Waals surface area contributed by atoms with Gasteiger partial charge in [-0.05, 0) is 20.0 Å². The number of aryl methyl sites for hydroxylation is 1. The Hall–Kier alpha value is -1.06. The van der Waals surface area contributed by atoms with E-state index in [2.05, 4.69) is 49.6 Å². The molecule has 0 unspecified atom stereocenters. The van der Waals surface area contributed by atoms with Gasteiger partial charge in [0.2, 0.25) is 0 Å². The van der Waals surface area contributed by atoms with Crippen molar-refractivity contribution in [2.24, 2.45) is 0 Å². The van der Waals surface area contributed by atoms with E-state index in [1.54, 1.807) is 7.11 Å². The predicted molar refractivity (Wildman–Crippen MR) is 77.6 cm³/mol. The summed E-state index contributed by atoms with van der Waals surface area (Å²) in [7, 11) is 3.70. The van der Waals surface area contributed by atoms with Gasteiger partial charge in [0, 0.05) is 30.6 Å². The average Bonchev–Trinajstić information content (AvgIpc) is 2.35. The molecule has 1 aromatic rings. The normalized spacial score (nSPS) is 11.6. The number of benzene rings is 1. The molecule has 102 valence electrons. The number of hydrogen-bond acceptors (Lipinski definition) is 3. The summed E-state index contributed by atoms with van der Waals surface area (Å²) in [5, 5.41) is 6.62. The van der Waals surface area contributed by atoms with Gasteiger partial charge in [-0.1, -0.05) is 31.5 Å². The van der Waals surface area contributed by atoms with Crippen LogP contribution in [0, 0.1) is 6.92 Å². The molecule has 0 aliphatic heterocycles. The average molecular weight is 250 g/mol. The largest absolute Gasteiger partial charge is 0.496 e. The van der Waals surface area contributed by atoms with Crippen molar-refractivity contribution in [3.8, 4) is 5.75 Å². The molecule has 0 radical (unpaired) electrons. The number of rotatable bonds is 7. The molecule has 0 bridgehead atoms. The first-order chi connectivity index (χ1) is 8.51. The van der Waals surface area contributed by atoms with Gasteiger partial charge in [0.25, 0.3) is 0 Å². The molecule has 3 nitrogen and oxygen atoms in total. The molecular formula is C15H26N2O. The van der Waals surface area contributed by atoms with Crippen LogP contribution in [0.3, 0.4) is 0 Å². The van der Waals surface area contributed by atoms with E-state index in [4.69, 9.17) is 4.74 Å². The maximum Gasteiger partial charge on any atom is 0.122 e. The maximum absolute atomic E-state index is 5.47. The van der Waals surface area contributed by atoms with E-state index in [0.29, 0.717) is 0 Å². The predicted octanol–water partition coefficient (Wildman–Crippen LogP) is 2.09.